The molecule has 0 saturated heterocycles. The monoisotopic (exact) mass is 257 g/mol. The minimum Gasteiger partial charge on any atom is -0.508 e. The fraction of sp³-hybridized carbons (Fsp3) is 0.250. The van der Waals surface area contributed by atoms with Crippen LogP contribution in [0.4, 0.5) is 5.69 Å². The molecule has 3 N–H and O–H groups in total. The second-order valence-corrected chi connectivity index (χ2v) is 4.93. The van der Waals surface area contributed by atoms with E-state index in [0.717, 1.165) is 22.4 Å². The number of anilines is 1. The van der Waals surface area contributed by atoms with Crippen molar-refractivity contribution in [3.63, 3.8) is 0 Å². The number of aryl methyl sites for hydroxylation is 2. The van der Waals surface area contributed by atoms with Crippen LogP contribution in [0.5, 0.6) is 11.5 Å². The van der Waals surface area contributed by atoms with Crippen LogP contribution in [0.15, 0.2) is 36.4 Å². The first-order valence-corrected chi connectivity index (χ1v) is 6.33. The average Bonchev–Trinajstić information content (AvgIpc) is 2.33. The average molecular weight is 257 g/mol. The van der Waals surface area contributed by atoms with Crippen molar-refractivity contribution in [1.82, 2.24) is 0 Å². The van der Waals surface area contributed by atoms with Crippen LogP contribution in [-0.4, -0.2) is 10.2 Å². The molecule has 2 aromatic rings. The minimum absolute atomic E-state index is 0.00968. The maximum atomic E-state index is 9.96. The molecule has 0 saturated carbocycles. The number of phenols is 2. The lowest BCUT2D eigenvalue weighted by Gasteiger charge is -2.18. The van der Waals surface area contributed by atoms with E-state index < -0.39 is 0 Å². The smallest absolute Gasteiger partial charge is 0.121 e. The van der Waals surface area contributed by atoms with Crippen LogP contribution in [0, 0.1) is 13.8 Å². The highest BCUT2D eigenvalue weighted by Gasteiger charge is 2.10. The van der Waals surface area contributed by atoms with Gasteiger partial charge in [-0.05, 0) is 56.2 Å². The van der Waals surface area contributed by atoms with Crippen LogP contribution in [0.1, 0.15) is 29.7 Å². The van der Waals surface area contributed by atoms with Gasteiger partial charge >= 0.3 is 0 Å². The van der Waals surface area contributed by atoms with E-state index in [-0.39, 0.29) is 11.8 Å². The molecule has 19 heavy (non-hydrogen) atoms. The molecule has 0 aliphatic carbocycles. The van der Waals surface area contributed by atoms with Crippen molar-refractivity contribution in [1.29, 1.82) is 0 Å². The van der Waals surface area contributed by atoms with Gasteiger partial charge in [0.25, 0.3) is 0 Å². The second kappa shape index (κ2) is 5.22. The van der Waals surface area contributed by atoms with Crippen molar-refractivity contribution in [2.24, 2.45) is 0 Å². The highest BCUT2D eigenvalue weighted by molar-refractivity contribution is 5.52. The molecule has 1 atom stereocenters. The fourth-order valence-corrected chi connectivity index (χ4v) is 2.09. The summed E-state index contributed by atoms with van der Waals surface area (Å²) in [6.07, 6.45) is 0. The van der Waals surface area contributed by atoms with Gasteiger partial charge in [0.1, 0.15) is 11.5 Å². The highest BCUT2D eigenvalue weighted by atomic mass is 16.3. The summed E-state index contributed by atoms with van der Waals surface area (Å²) in [5, 5.41) is 22.8. The van der Waals surface area contributed by atoms with Crippen LogP contribution in [-0.2, 0) is 0 Å². The van der Waals surface area contributed by atoms with Gasteiger partial charge in [0.2, 0.25) is 0 Å². The Hall–Kier alpha value is -2.16. The Balaban J connectivity index is 2.20. The molecule has 100 valence electrons. The van der Waals surface area contributed by atoms with Crippen LogP contribution >= 0.6 is 0 Å². The van der Waals surface area contributed by atoms with Gasteiger partial charge in [-0.2, -0.15) is 0 Å². The van der Waals surface area contributed by atoms with Crippen molar-refractivity contribution in [2.75, 3.05) is 5.32 Å². The Morgan fingerprint density at radius 1 is 0.947 bits per heavy atom. The molecule has 0 aliphatic heterocycles. The standard InChI is InChI=1S/C16H19NO2/c1-10-4-6-14(16(19)8-10)12(3)17-13-5-7-15(18)11(2)9-13/h4-9,12,17-19H,1-3H3. The van der Waals surface area contributed by atoms with Crippen molar-refractivity contribution in [3.05, 3.63) is 53.1 Å². The van der Waals surface area contributed by atoms with Crippen LogP contribution in [0.2, 0.25) is 0 Å². The quantitative estimate of drug-likeness (QED) is 0.731. The number of rotatable bonds is 3. The summed E-state index contributed by atoms with van der Waals surface area (Å²) in [5.41, 5.74) is 3.64. The molecule has 2 aromatic carbocycles. The summed E-state index contributed by atoms with van der Waals surface area (Å²) >= 11 is 0. The normalized spacial score (nSPS) is 12.2. The lowest BCUT2D eigenvalue weighted by molar-refractivity contribution is 0.464. The molecule has 3 heteroatoms. The SMILES string of the molecule is Cc1ccc(C(C)Nc2ccc(O)c(C)c2)c(O)c1. The predicted molar refractivity (Wildman–Crippen MR) is 77.7 cm³/mol. The number of nitrogens with one attached hydrogen (secondary N) is 1. The number of phenolic OH excluding ortho intramolecular Hbond substituents is 2. The van der Waals surface area contributed by atoms with E-state index in [1.807, 2.05) is 45.0 Å². The second-order valence-electron chi connectivity index (χ2n) is 4.93. The molecule has 2 rings (SSSR count). The maximum absolute atomic E-state index is 9.96. The highest BCUT2D eigenvalue weighted by Crippen LogP contribution is 2.29. The van der Waals surface area contributed by atoms with Crippen LogP contribution < -0.4 is 5.32 Å². The third-order valence-corrected chi connectivity index (χ3v) is 3.23. The molecule has 0 spiro atoms. The summed E-state index contributed by atoms with van der Waals surface area (Å²) in [6, 6.07) is 11.0. The molecule has 0 aliphatic rings. The van der Waals surface area contributed by atoms with Crippen LogP contribution in [0.3, 0.4) is 0 Å². The first kappa shape index (κ1) is 13.3. The molecule has 1 unspecified atom stereocenters. The Kier molecular flexibility index (Phi) is 3.65. The van der Waals surface area contributed by atoms with Gasteiger partial charge in [-0.1, -0.05) is 12.1 Å². The van der Waals surface area contributed by atoms with Gasteiger partial charge in [-0.25, -0.2) is 0 Å². The zero-order chi connectivity index (χ0) is 14.0. The topological polar surface area (TPSA) is 52.5 Å². The maximum Gasteiger partial charge on any atom is 0.121 e. The van der Waals surface area contributed by atoms with E-state index in [0.29, 0.717) is 5.75 Å². The molecule has 3 nitrogen and oxygen atoms in total. The molecule has 0 fully saturated rings. The van der Waals surface area contributed by atoms with Crippen molar-refractivity contribution in [3.8, 4) is 11.5 Å². The molecule has 0 aromatic heterocycles. The lowest BCUT2D eigenvalue weighted by Crippen LogP contribution is -2.07. The van der Waals surface area contributed by atoms with E-state index in [2.05, 4.69) is 5.32 Å². The van der Waals surface area contributed by atoms with Crippen molar-refractivity contribution < 1.29 is 10.2 Å². The molecular formula is C16H19NO2. The third-order valence-electron chi connectivity index (χ3n) is 3.23. The number of benzene rings is 2. The first-order valence-electron chi connectivity index (χ1n) is 6.33. The number of hydrogen-bond donors (Lipinski definition) is 3. The number of hydrogen-bond acceptors (Lipinski definition) is 3. The van der Waals surface area contributed by atoms with E-state index in [1.54, 1.807) is 12.1 Å². The summed E-state index contributed by atoms with van der Waals surface area (Å²) in [4.78, 5) is 0. The van der Waals surface area contributed by atoms with Gasteiger partial charge in [0.15, 0.2) is 0 Å². The Bertz CT molecular complexity index is 593. The summed E-state index contributed by atoms with van der Waals surface area (Å²) < 4.78 is 0. The van der Waals surface area contributed by atoms with Gasteiger partial charge in [-0.15, -0.1) is 0 Å². The Labute approximate surface area is 113 Å². The minimum atomic E-state index is -0.00968. The fourth-order valence-electron chi connectivity index (χ4n) is 2.09. The summed E-state index contributed by atoms with van der Waals surface area (Å²) in [7, 11) is 0. The first-order chi connectivity index (χ1) is 8.97. The molecule has 0 heterocycles. The molecular weight excluding hydrogens is 238 g/mol. The molecule has 0 amide bonds. The van der Waals surface area contributed by atoms with Crippen LogP contribution in [0.25, 0.3) is 0 Å². The molecule has 0 radical (unpaired) electrons. The Morgan fingerprint density at radius 2 is 1.68 bits per heavy atom. The van der Waals surface area contributed by atoms with E-state index in [1.165, 1.54) is 0 Å². The van der Waals surface area contributed by atoms with E-state index in [9.17, 15) is 10.2 Å². The van der Waals surface area contributed by atoms with Gasteiger partial charge in [-0.3, -0.25) is 0 Å². The predicted octanol–water partition coefficient (Wildman–Crippen LogP) is 3.89. The van der Waals surface area contributed by atoms with Gasteiger partial charge < -0.3 is 15.5 Å². The van der Waals surface area contributed by atoms with E-state index >= 15 is 0 Å². The lowest BCUT2D eigenvalue weighted by atomic mass is 10.0. The third kappa shape index (κ3) is 2.99. The number of aromatic hydroxyl groups is 2. The molecule has 0 bridgehead atoms. The van der Waals surface area contributed by atoms with E-state index in [4.69, 9.17) is 0 Å². The van der Waals surface area contributed by atoms with Crippen molar-refractivity contribution >= 4 is 5.69 Å². The Morgan fingerprint density at radius 3 is 2.32 bits per heavy atom. The zero-order valence-electron chi connectivity index (χ0n) is 11.4. The van der Waals surface area contributed by atoms with Gasteiger partial charge in [0, 0.05) is 11.3 Å². The largest absolute Gasteiger partial charge is 0.508 e. The summed E-state index contributed by atoms with van der Waals surface area (Å²) in [6.45, 7) is 5.80. The van der Waals surface area contributed by atoms with Crippen molar-refractivity contribution in [2.45, 2.75) is 26.8 Å². The van der Waals surface area contributed by atoms with Gasteiger partial charge in [0.05, 0.1) is 6.04 Å². The zero-order valence-corrected chi connectivity index (χ0v) is 11.4. The summed E-state index contributed by atoms with van der Waals surface area (Å²) in [5.74, 6) is 0.590.